The average Bonchev–Trinajstić information content (AvgIpc) is 3.00. The Balaban J connectivity index is 1.45. The van der Waals surface area contributed by atoms with E-state index in [-0.39, 0.29) is 11.3 Å². The predicted octanol–water partition coefficient (Wildman–Crippen LogP) is 3.62. The third kappa shape index (κ3) is 3.01. The third-order valence-electron chi connectivity index (χ3n) is 6.51. The Bertz CT molecular complexity index is 658. The van der Waals surface area contributed by atoms with Crippen molar-refractivity contribution < 1.29 is 9.59 Å². The van der Waals surface area contributed by atoms with Gasteiger partial charge in [-0.1, -0.05) is 0 Å². The number of carbonyl (C=O) groups excluding carboxylic acids is 2. The molecule has 0 atom stereocenters. The zero-order valence-electron chi connectivity index (χ0n) is 15.5. The van der Waals surface area contributed by atoms with E-state index >= 15 is 0 Å². The summed E-state index contributed by atoms with van der Waals surface area (Å²) in [6.07, 6.45) is 7.40. The summed E-state index contributed by atoms with van der Waals surface area (Å²) < 4.78 is 0. The lowest BCUT2D eigenvalue weighted by Crippen LogP contribution is -2.53. The van der Waals surface area contributed by atoms with Crippen molar-refractivity contribution in [2.24, 2.45) is 23.2 Å². The molecule has 0 aliphatic heterocycles. The van der Waals surface area contributed by atoms with Crippen LogP contribution >= 0.6 is 11.3 Å². The fourth-order valence-corrected chi connectivity index (χ4v) is 6.96. The quantitative estimate of drug-likeness (QED) is 0.823. The molecule has 4 saturated carbocycles. The Hall–Kier alpha value is -1.36. The minimum atomic E-state index is -0.0803. The van der Waals surface area contributed by atoms with Gasteiger partial charge in [0, 0.05) is 26.0 Å². The summed E-state index contributed by atoms with van der Waals surface area (Å²) in [5.74, 6) is 2.74. The van der Waals surface area contributed by atoms with Crippen LogP contribution in [0.3, 0.4) is 0 Å². The summed E-state index contributed by atoms with van der Waals surface area (Å²) in [6.45, 7) is 0.617. The lowest BCUT2D eigenvalue weighted by Gasteiger charge is -2.56. The second kappa shape index (κ2) is 6.11. The van der Waals surface area contributed by atoms with Crippen LogP contribution < -0.4 is 0 Å². The van der Waals surface area contributed by atoms with E-state index in [9.17, 15) is 9.59 Å². The van der Waals surface area contributed by atoms with Crippen molar-refractivity contribution in [3.05, 3.63) is 21.9 Å². The molecule has 0 radical (unpaired) electrons. The minimum Gasteiger partial charge on any atom is -0.344 e. The minimum absolute atomic E-state index is 0.0336. The van der Waals surface area contributed by atoms with Gasteiger partial charge in [0.25, 0.3) is 5.91 Å². The topological polar surface area (TPSA) is 40.6 Å². The van der Waals surface area contributed by atoms with Crippen molar-refractivity contribution in [2.75, 3.05) is 21.1 Å². The molecule has 25 heavy (non-hydrogen) atoms. The highest BCUT2D eigenvalue weighted by atomic mass is 32.1. The Morgan fingerprint density at radius 1 is 1.04 bits per heavy atom. The summed E-state index contributed by atoms with van der Waals surface area (Å²) in [5, 5.41) is 0. The molecule has 4 aliphatic rings. The summed E-state index contributed by atoms with van der Waals surface area (Å²) in [4.78, 5) is 30.7. The van der Waals surface area contributed by atoms with E-state index in [0.717, 1.165) is 46.8 Å². The molecule has 4 nitrogen and oxygen atoms in total. The molecule has 5 heteroatoms. The molecule has 4 aliphatic carbocycles. The molecule has 4 fully saturated rings. The van der Waals surface area contributed by atoms with E-state index in [1.165, 1.54) is 30.6 Å². The van der Waals surface area contributed by atoms with Gasteiger partial charge in [0.15, 0.2) is 0 Å². The van der Waals surface area contributed by atoms with Crippen molar-refractivity contribution in [1.29, 1.82) is 0 Å². The highest BCUT2D eigenvalue weighted by Gasteiger charge is 2.55. The number of amides is 2. The Labute approximate surface area is 154 Å². The van der Waals surface area contributed by atoms with Gasteiger partial charge in [-0.05, 0) is 68.4 Å². The number of nitrogens with zero attached hydrogens (tertiary/aromatic N) is 2. The Kier molecular flexibility index (Phi) is 4.18. The molecule has 4 bridgehead atoms. The van der Waals surface area contributed by atoms with Gasteiger partial charge in [-0.2, -0.15) is 0 Å². The first-order valence-electron chi connectivity index (χ1n) is 9.42. The average molecular weight is 361 g/mol. The van der Waals surface area contributed by atoms with Gasteiger partial charge < -0.3 is 9.80 Å². The first kappa shape index (κ1) is 17.1. The van der Waals surface area contributed by atoms with Gasteiger partial charge >= 0.3 is 0 Å². The first-order chi connectivity index (χ1) is 11.9. The second-order valence-corrected chi connectivity index (χ2v) is 9.99. The molecule has 1 aromatic heterocycles. The van der Waals surface area contributed by atoms with Crippen molar-refractivity contribution in [3.63, 3.8) is 0 Å². The summed E-state index contributed by atoms with van der Waals surface area (Å²) in [5.41, 5.74) is -0.0803. The second-order valence-electron chi connectivity index (χ2n) is 8.82. The van der Waals surface area contributed by atoms with E-state index in [2.05, 4.69) is 0 Å². The lowest BCUT2D eigenvalue weighted by atomic mass is 9.49. The van der Waals surface area contributed by atoms with Gasteiger partial charge in [-0.25, -0.2) is 0 Å². The summed E-state index contributed by atoms with van der Waals surface area (Å²) in [7, 11) is 5.48. The number of hydrogen-bond donors (Lipinski definition) is 0. The molecule has 136 valence electrons. The summed E-state index contributed by atoms with van der Waals surface area (Å²) >= 11 is 1.51. The van der Waals surface area contributed by atoms with E-state index in [0.29, 0.717) is 12.5 Å². The first-order valence-corrected chi connectivity index (χ1v) is 10.2. The van der Waals surface area contributed by atoms with E-state index in [4.69, 9.17) is 0 Å². The number of carbonyl (C=O) groups is 2. The van der Waals surface area contributed by atoms with Crippen molar-refractivity contribution in [3.8, 4) is 0 Å². The van der Waals surface area contributed by atoms with Crippen molar-refractivity contribution >= 4 is 23.2 Å². The molecular formula is C20H28N2O2S. The molecule has 5 rings (SSSR count). The van der Waals surface area contributed by atoms with Crippen LogP contribution in [0.15, 0.2) is 12.1 Å². The van der Waals surface area contributed by atoms with E-state index in [1.54, 1.807) is 19.0 Å². The number of hydrogen-bond acceptors (Lipinski definition) is 3. The van der Waals surface area contributed by atoms with Crippen LogP contribution in [0.25, 0.3) is 0 Å². The molecule has 1 heterocycles. The fourth-order valence-electron chi connectivity index (χ4n) is 5.88. The molecule has 1 aromatic rings. The number of thiophene rings is 1. The molecule has 0 aromatic carbocycles. The van der Waals surface area contributed by atoms with E-state index in [1.807, 2.05) is 24.1 Å². The van der Waals surface area contributed by atoms with Crippen LogP contribution in [0.2, 0.25) is 0 Å². The normalized spacial score (nSPS) is 32.7. The van der Waals surface area contributed by atoms with E-state index < -0.39 is 0 Å². The SMILES string of the molecule is CN(C)C(=O)c1ccc(CN(C)C(=O)C23CC4CC(CC(C4)C2)C3)s1. The maximum Gasteiger partial charge on any atom is 0.263 e. The van der Waals surface area contributed by atoms with Gasteiger partial charge in [-0.15, -0.1) is 11.3 Å². The maximum atomic E-state index is 13.3. The van der Waals surface area contributed by atoms with Crippen molar-refractivity contribution in [1.82, 2.24) is 9.80 Å². The van der Waals surface area contributed by atoms with Crippen LogP contribution in [-0.4, -0.2) is 42.8 Å². The predicted molar refractivity (Wildman–Crippen MR) is 99.4 cm³/mol. The smallest absolute Gasteiger partial charge is 0.263 e. The molecule has 0 saturated heterocycles. The Morgan fingerprint density at radius 2 is 1.60 bits per heavy atom. The van der Waals surface area contributed by atoms with Gasteiger partial charge in [-0.3, -0.25) is 9.59 Å². The largest absolute Gasteiger partial charge is 0.344 e. The molecule has 0 spiro atoms. The van der Waals surface area contributed by atoms with Gasteiger partial charge in [0.1, 0.15) is 0 Å². The third-order valence-corrected chi connectivity index (χ3v) is 7.57. The van der Waals surface area contributed by atoms with Crippen LogP contribution in [0.4, 0.5) is 0 Å². The lowest BCUT2D eigenvalue weighted by molar-refractivity contribution is -0.156. The van der Waals surface area contributed by atoms with Gasteiger partial charge in [0.05, 0.1) is 16.8 Å². The molecule has 2 amide bonds. The zero-order chi connectivity index (χ0) is 17.8. The Morgan fingerprint density at radius 3 is 2.12 bits per heavy atom. The van der Waals surface area contributed by atoms with Crippen LogP contribution in [0.1, 0.15) is 53.1 Å². The highest BCUT2D eigenvalue weighted by molar-refractivity contribution is 7.14. The standard InChI is InChI=1S/C20H28N2O2S/c1-21(2)18(23)17-5-4-16(25-17)12-22(3)19(24)20-9-13-6-14(10-20)8-15(7-13)11-20/h4-5,13-15H,6-12H2,1-3H3. The van der Waals surface area contributed by atoms with Crippen LogP contribution in [-0.2, 0) is 11.3 Å². The van der Waals surface area contributed by atoms with Crippen molar-refractivity contribution in [2.45, 2.75) is 45.1 Å². The fraction of sp³-hybridized carbons (Fsp3) is 0.700. The molecule has 0 N–H and O–H groups in total. The maximum absolute atomic E-state index is 13.3. The zero-order valence-corrected chi connectivity index (χ0v) is 16.3. The summed E-state index contributed by atoms with van der Waals surface area (Å²) in [6, 6.07) is 3.87. The monoisotopic (exact) mass is 360 g/mol. The van der Waals surface area contributed by atoms with Gasteiger partial charge in [0.2, 0.25) is 5.91 Å². The van der Waals surface area contributed by atoms with Crippen LogP contribution in [0, 0.1) is 23.2 Å². The highest BCUT2D eigenvalue weighted by Crippen LogP contribution is 2.60. The van der Waals surface area contributed by atoms with Crippen LogP contribution in [0.5, 0.6) is 0 Å². The molecular weight excluding hydrogens is 332 g/mol. The number of rotatable bonds is 4. The molecule has 0 unspecified atom stereocenters.